The van der Waals surface area contributed by atoms with E-state index in [0.717, 1.165) is 18.4 Å². The second-order valence-corrected chi connectivity index (χ2v) is 10.5. The quantitative estimate of drug-likeness (QED) is 0.450. The molecule has 0 saturated carbocycles. The molecular weight excluding hydrogens is 519 g/mol. The molecule has 2 rings (SSSR count). The number of hydrogen-bond acceptors (Lipinski definition) is 4. The highest BCUT2D eigenvalue weighted by Gasteiger charge is 2.35. The van der Waals surface area contributed by atoms with Crippen LogP contribution >= 0.6 is 11.6 Å². The number of nitrogens with zero attached hydrogens (tertiary/aromatic N) is 2. The third kappa shape index (κ3) is 7.86. The fraction of sp³-hybridized carbons (Fsp3) is 0.417. The topological polar surface area (TPSA) is 86.8 Å². The summed E-state index contributed by atoms with van der Waals surface area (Å²) in [6.07, 6.45) is -3.08. The van der Waals surface area contributed by atoms with Gasteiger partial charge in [-0.3, -0.25) is 13.9 Å². The normalized spacial score (nSPS) is 12.6. The molecule has 7 nitrogen and oxygen atoms in total. The standard InChI is InChI=1S/C24H29ClF3N3O4S/c1-4-13-29-23(33)20(5-2)30(15-17-9-7-6-8-10-17)22(32)16-31(36(3,34)35)21-14-18(24(26,27)28)11-12-19(21)25/h6-12,14,20H,4-5,13,15-16H2,1-3H3,(H,29,33)/t20-/m1/s1. The molecule has 0 bridgehead atoms. The summed E-state index contributed by atoms with van der Waals surface area (Å²) in [4.78, 5) is 27.6. The van der Waals surface area contributed by atoms with Crippen molar-refractivity contribution in [1.82, 2.24) is 10.2 Å². The first kappa shape index (κ1) is 29.4. The minimum atomic E-state index is -4.75. The van der Waals surface area contributed by atoms with E-state index in [2.05, 4.69) is 5.32 Å². The number of sulfonamides is 1. The molecule has 1 atom stereocenters. The lowest BCUT2D eigenvalue weighted by molar-refractivity contribution is -0.140. The SMILES string of the molecule is CCCNC(=O)[C@@H](CC)N(Cc1ccccc1)C(=O)CN(c1cc(C(F)(F)F)ccc1Cl)S(C)(=O)=O. The third-order valence-electron chi connectivity index (χ3n) is 5.35. The number of rotatable bonds is 11. The van der Waals surface area contributed by atoms with E-state index in [9.17, 15) is 31.2 Å². The summed E-state index contributed by atoms with van der Waals surface area (Å²) >= 11 is 6.07. The Morgan fingerprint density at radius 2 is 1.72 bits per heavy atom. The van der Waals surface area contributed by atoms with Gasteiger partial charge in [0.25, 0.3) is 0 Å². The summed E-state index contributed by atoms with van der Waals surface area (Å²) in [6.45, 7) is 3.12. The molecule has 0 heterocycles. The van der Waals surface area contributed by atoms with Gasteiger partial charge in [-0.15, -0.1) is 0 Å². The number of nitrogens with one attached hydrogen (secondary N) is 1. The van der Waals surface area contributed by atoms with Gasteiger partial charge in [0.2, 0.25) is 21.8 Å². The number of amides is 2. The summed E-state index contributed by atoms with van der Waals surface area (Å²) < 4.78 is 65.7. The van der Waals surface area contributed by atoms with Crippen LogP contribution in [0.4, 0.5) is 18.9 Å². The Kier molecular flexibility index (Phi) is 10.2. The maximum Gasteiger partial charge on any atom is 0.416 e. The zero-order chi connectivity index (χ0) is 27.1. The van der Waals surface area contributed by atoms with Gasteiger partial charge in [0.1, 0.15) is 12.6 Å². The molecule has 198 valence electrons. The molecule has 0 aliphatic rings. The number of carbonyl (C=O) groups is 2. The van der Waals surface area contributed by atoms with Crippen molar-refractivity contribution in [3.8, 4) is 0 Å². The number of anilines is 1. The van der Waals surface area contributed by atoms with E-state index in [-0.39, 0.29) is 18.0 Å². The number of halogens is 4. The average molecular weight is 548 g/mol. The fourth-order valence-corrected chi connectivity index (χ4v) is 4.66. The van der Waals surface area contributed by atoms with E-state index in [1.54, 1.807) is 37.3 Å². The Hall–Kier alpha value is -2.79. The minimum Gasteiger partial charge on any atom is -0.354 e. The second-order valence-electron chi connectivity index (χ2n) is 8.16. The molecule has 0 aromatic heterocycles. The summed E-state index contributed by atoms with van der Waals surface area (Å²) in [6, 6.07) is 10.1. The summed E-state index contributed by atoms with van der Waals surface area (Å²) in [5, 5.41) is 2.47. The van der Waals surface area contributed by atoms with Crippen LogP contribution in [0.2, 0.25) is 5.02 Å². The molecule has 0 fully saturated rings. The molecule has 0 unspecified atom stereocenters. The van der Waals surface area contributed by atoms with Crippen LogP contribution in [0.5, 0.6) is 0 Å². The number of alkyl halides is 3. The first-order valence-corrected chi connectivity index (χ1v) is 13.5. The van der Waals surface area contributed by atoms with Crippen molar-refractivity contribution in [2.24, 2.45) is 0 Å². The fourth-order valence-electron chi connectivity index (χ4n) is 3.54. The van der Waals surface area contributed by atoms with Crippen LogP contribution in [-0.4, -0.2) is 50.5 Å². The maximum absolute atomic E-state index is 13.5. The van der Waals surface area contributed by atoms with Gasteiger partial charge < -0.3 is 10.2 Å². The lowest BCUT2D eigenvalue weighted by Crippen LogP contribution is -2.52. The molecule has 1 N–H and O–H groups in total. The van der Waals surface area contributed by atoms with E-state index < -0.39 is 51.9 Å². The summed E-state index contributed by atoms with van der Waals surface area (Å²) in [5.74, 6) is -1.18. The molecule has 0 aliphatic heterocycles. The van der Waals surface area contributed by atoms with Crippen LogP contribution in [-0.2, 0) is 32.3 Å². The monoisotopic (exact) mass is 547 g/mol. The van der Waals surface area contributed by atoms with Crippen molar-refractivity contribution < 1.29 is 31.2 Å². The maximum atomic E-state index is 13.5. The van der Waals surface area contributed by atoms with Crippen molar-refractivity contribution in [2.45, 2.75) is 45.5 Å². The number of hydrogen-bond donors (Lipinski definition) is 1. The lowest BCUT2D eigenvalue weighted by Gasteiger charge is -2.33. The Bertz CT molecular complexity index is 1160. The molecule has 2 amide bonds. The average Bonchev–Trinajstić information content (AvgIpc) is 2.80. The molecular formula is C24H29ClF3N3O4S. The second kappa shape index (κ2) is 12.4. The minimum absolute atomic E-state index is 0.00828. The van der Waals surface area contributed by atoms with Crippen LogP contribution in [0.1, 0.15) is 37.8 Å². The van der Waals surface area contributed by atoms with Gasteiger partial charge in [0.15, 0.2) is 0 Å². The lowest BCUT2D eigenvalue weighted by atomic mass is 10.1. The van der Waals surface area contributed by atoms with E-state index in [0.29, 0.717) is 28.9 Å². The molecule has 0 aliphatic carbocycles. The predicted molar refractivity (Wildman–Crippen MR) is 133 cm³/mol. The first-order valence-electron chi connectivity index (χ1n) is 11.2. The van der Waals surface area contributed by atoms with E-state index in [1.165, 1.54) is 4.90 Å². The van der Waals surface area contributed by atoms with Crippen molar-refractivity contribution in [3.05, 3.63) is 64.7 Å². The highest BCUT2D eigenvalue weighted by molar-refractivity contribution is 7.92. The summed E-state index contributed by atoms with van der Waals surface area (Å²) in [7, 11) is -4.24. The summed E-state index contributed by atoms with van der Waals surface area (Å²) in [5.41, 5.74) is -0.907. The Balaban J connectivity index is 2.51. The van der Waals surface area contributed by atoms with Gasteiger partial charge in [-0.25, -0.2) is 8.42 Å². The van der Waals surface area contributed by atoms with Crippen molar-refractivity contribution in [1.29, 1.82) is 0 Å². The molecule has 0 saturated heterocycles. The van der Waals surface area contributed by atoms with Crippen LogP contribution in [0.15, 0.2) is 48.5 Å². The molecule has 0 spiro atoms. The molecule has 0 radical (unpaired) electrons. The van der Waals surface area contributed by atoms with E-state index in [4.69, 9.17) is 11.6 Å². The third-order valence-corrected chi connectivity index (χ3v) is 6.80. The van der Waals surface area contributed by atoms with Crippen molar-refractivity contribution in [2.75, 3.05) is 23.7 Å². The van der Waals surface area contributed by atoms with Crippen molar-refractivity contribution >= 4 is 39.1 Å². The molecule has 36 heavy (non-hydrogen) atoms. The number of carbonyl (C=O) groups excluding carboxylic acids is 2. The Morgan fingerprint density at radius 3 is 2.25 bits per heavy atom. The van der Waals surface area contributed by atoms with Crippen LogP contribution in [0.25, 0.3) is 0 Å². The van der Waals surface area contributed by atoms with E-state index in [1.807, 2.05) is 6.92 Å². The first-order chi connectivity index (χ1) is 16.8. The van der Waals surface area contributed by atoms with Gasteiger partial charge in [-0.1, -0.05) is 55.8 Å². The molecule has 2 aromatic rings. The number of benzene rings is 2. The van der Waals surface area contributed by atoms with Gasteiger partial charge in [0.05, 0.1) is 22.5 Å². The van der Waals surface area contributed by atoms with Gasteiger partial charge in [0, 0.05) is 13.1 Å². The van der Waals surface area contributed by atoms with Gasteiger partial charge in [-0.05, 0) is 36.6 Å². The van der Waals surface area contributed by atoms with Gasteiger partial charge >= 0.3 is 6.18 Å². The molecule has 2 aromatic carbocycles. The smallest absolute Gasteiger partial charge is 0.354 e. The Morgan fingerprint density at radius 1 is 1.08 bits per heavy atom. The van der Waals surface area contributed by atoms with Crippen molar-refractivity contribution in [3.63, 3.8) is 0 Å². The van der Waals surface area contributed by atoms with Crippen LogP contribution in [0, 0.1) is 0 Å². The van der Waals surface area contributed by atoms with E-state index >= 15 is 0 Å². The largest absolute Gasteiger partial charge is 0.416 e. The van der Waals surface area contributed by atoms with Gasteiger partial charge in [-0.2, -0.15) is 13.2 Å². The zero-order valence-corrected chi connectivity index (χ0v) is 21.8. The highest BCUT2D eigenvalue weighted by Crippen LogP contribution is 2.36. The Labute approximate surface area is 214 Å². The molecule has 12 heteroatoms. The van der Waals surface area contributed by atoms with Crippen LogP contribution < -0.4 is 9.62 Å². The van der Waals surface area contributed by atoms with Crippen LogP contribution in [0.3, 0.4) is 0 Å². The zero-order valence-electron chi connectivity index (χ0n) is 20.2. The highest BCUT2D eigenvalue weighted by atomic mass is 35.5. The predicted octanol–water partition coefficient (Wildman–Crippen LogP) is 4.46.